The van der Waals surface area contributed by atoms with Gasteiger partial charge in [-0.05, 0) is 54.1 Å². The molecule has 4 aromatic rings. The highest BCUT2D eigenvalue weighted by Crippen LogP contribution is 2.29. The molecule has 1 N–H and O–H groups in total. The molecule has 0 saturated heterocycles. The number of fused-ring (bicyclic) bond motifs is 1. The Morgan fingerprint density at radius 1 is 0.667 bits per heavy atom. The fourth-order valence-corrected chi connectivity index (χ4v) is 3.95. The summed E-state index contributed by atoms with van der Waals surface area (Å²) in [5.74, 6) is -1.37. The van der Waals surface area contributed by atoms with Crippen molar-refractivity contribution in [3.8, 4) is 0 Å². The van der Waals surface area contributed by atoms with Crippen LogP contribution in [-0.2, 0) is 0 Å². The molecule has 1 heterocycles. The van der Waals surface area contributed by atoms with Gasteiger partial charge in [-0.2, -0.15) is 0 Å². The van der Waals surface area contributed by atoms with Crippen molar-refractivity contribution >= 4 is 41.0 Å². The first-order chi connectivity index (χ1) is 17.5. The smallest absolute Gasteiger partial charge is 0.266 e. The summed E-state index contributed by atoms with van der Waals surface area (Å²) in [5.41, 5.74) is 3.18. The first-order valence-corrected chi connectivity index (χ1v) is 11.3. The average molecular weight is 473 g/mol. The number of anilines is 2. The van der Waals surface area contributed by atoms with Gasteiger partial charge in [0.15, 0.2) is 5.78 Å². The van der Waals surface area contributed by atoms with Crippen molar-refractivity contribution in [2.75, 3.05) is 10.2 Å². The van der Waals surface area contributed by atoms with E-state index in [1.54, 1.807) is 72.8 Å². The van der Waals surface area contributed by atoms with Crippen molar-refractivity contribution in [1.82, 2.24) is 0 Å². The molecule has 0 radical (unpaired) electrons. The van der Waals surface area contributed by atoms with E-state index >= 15 is 0 Å². The van der Waals surface area contributed by atoms with E-state index in [1.165, 1.54) is 24.3 Å². The Morgan fingerprint density at radius 2 is 1.31 bits per heavy atom. The van der Waals surface area contributed by atoms with Crippen LogP contribution < -0.4 is 10.2 Å². The van der Waals surface area contributed by atoms with Crippen LogP contribution in [0.1, 0.15) is 47.0 Å². The Morgan fingerprint density at radius 3 is 2.00 bits per heavy atom. The summed E-state index contributed by atoms with van der Waals surface area (Å²) in [6, 6.07) is 29.2. The van der Waals surface area contributed by atoms with Gasteiger partial charge >= 0.3 is 0 Å². The lowest BCUT2D eigenvalue weighted by Gasteiger charge is -2.13. The highest BCUT2D eigenvalue weighted by Gasteiger charge is 2.37. The van der Waals surface area contributed by atoms with E-state index in [0.29, 0.717) is 16.9 Å². The van der Waals surface area contributed by atoms with Gasteiger partial charge in [-0.3, -0.25) is 19.2 Å². The number of carbonyl (C=O) groups is 4. The predicted octanol–water partition coefficient (Wildman–Crippen LogP) is 5.64. The zero-order valence-electron chi connectivity index (χ0n) is 19.0. The van der Waals surface area contributed by atoms with E-state index in [-0.39, 0.29) is 22.5 Å². The third kappa shape index (κ3) is 4.48. The number of para-hydroxylation sites is 1. The Balaban J connectivity index is 1.27. The van der Waals surface area contributed by atoms with Crippen molar-refractivity contribution in [1.29, 1.82) is 0 Å². The number of amides is 3. The topological polar surface area (TPSA) is 83.6 Å². The molecule has 3 amide bonds. The zero-order valence-corrected chi connectivity index (χ0v) is 19.0. The molecule has 0 spiro atoms. The lowest BCUT2D eigenvalue weighted by Crippen LogP contribution is -2.29. The molecule has 0 unspecified atom stereocenters. The fraction of sp³-hybridized carbons (Fsp3) is 0. The van der Waals surface area contributed by atoms with Gasteiger partial charge in [0.05, 0.1) is 16.8 Å². The summed E-state index contributed by atoms with van der Waals surface area (Å²) < 4.78 is 0. The lowest BCUT2D eigenvalue weighted by molar-refractivity contribution is 0.0924. The number of ketones is 1. The summed E-state index contributed by atoms with van der Waals surface area (Å²) >= 11 is 0. The second-order valence-corrected chi connectivity index (χ2v) is 8.18. The lowest BCUT2D eigenvalue weighted by atomic mass is 10.1. The number of hydrogen-bond acceptors (Lipinski definition) is 4. The third-order valence-electron chi connectivity index (χ3n) is 5.82. The number of imide groups is 1. The molecular formula is C30H20N2O4. The van der Waals surface area contributed by atoms with Gasteiger partial charge in [0.25, 0.3) is 17.7 Å². The predicted molar refractivity (Wildman–Crippen MR) is 138 cm³/mol. The molecule has 5 rings (SSSR count). The van der Waals surface area contributed by atoms with Gasteiger partial charge < -0.3 is 5.32 Å². The number of nitrogens with zero attached hydrogens (tertiary/aromatic N) is 1. The van der Waals surface area contributed by atoms with E-state index in [4.69, 9.17) is 0 Å². The molecule has 0 aromatic heterocycles. The Labute approximate surface area is 207 Å². The molecule has 0 aliphatic carbocycles. The van der Waals surface area contributed by atoms with Crippen LogP contribution in [0.2, 0.25) is 0 Å². The quantitative estimate of drug-likeness (QED) is 0.224. The summed E-state index contributed by atoms with van der Waals surface area (Å²) in [6.45, 7) is 0. The standard InChI is InChI=1S/C30H20N2O4/c33-27(21-7-3-1-4-8-21)18-13-20-11-15-23(16-12-20)31-28(34)22-14-17-25-26(19-22)30(36)32(29(25)35)24-9-5-2-6-10-24/h1-19H,(H,31,34)/b18-13-. The second kappa shape index (κ2) is 9.64. The molecule has 174 valence electrons. The van der Waals surface area contributed by atoms with Crippen LogP contribution >= 0.6 is 0 Å². The maximum Gasteiger partial charge on any atom is 0.266 e. The highest BCUT2D eigenvalue weighted by atomic mass is 16.2. The SMILES string of the molecule is O=C(/C=C\c1ccc(NC(=O)c2ccc3c(c2)C(=O)N(c2ccccc2)C3=O)cc1)c1ccccc1. The molecule has 36 heavy (non-hydrogen) atoms. The second-order valence-electron chi connectivity index (χ2n) is 8.18. The van der Waals surface area contributed by atoms with Crippen molar-refractivity contribution in [2.24, 2.45) is 0 Å². The summed E-state index contributed by atoms with van der Waals surface area (Å²) in [4.78, 5) is 51.9. The average Bonchev–Trinajstić information content (AvgIpc) is 3.18. The molecule has 6 nitrogen and oxygen atoms in total. The molecule has 0 bridgehead atoms. The number of allylic oxidation sites excluding steroid dienone is 1. The van der Waals surface area contributed by atoms with Crippen LogP contribution in [0.15, 0.2) is 109 Å². The van der Waals surface area contributed by atoms with Crippen LogP contribution in [0.25, 0.3) is 6.08 Å². The molecule has 0 atom stereocenters. The number of rotatable bonds is 6. The van der Waals surface area contributed by atoms with E-state index in [0.717, 1.165) is 10.5 Å². The molecule has 0 saturated carbocycles. The summed E-state index contributed by atoms with van der Waals surface area (Å²) in [5, 5.41) is 2.80. The van der Waals surface area contributed by atoms with Crippen molar-refractivity contribution in [3.05, 3.63) is 137 Å². The molecule has 6 heteroatoms. The van der Waals surface area contributed by atoms with Crippen LogP contribution in [0.4, 0.5) is 11.4 Å². The Kier molecular flexibility index (Phi) is 6.07. The van der Waals surface area contributed by atoms with Crippen LogP contribution in [-0.4, -0.2) is 23.5 Å². The first-order valence-electron chi connectivity index (χ1n) is 11.3. The number of nitrogens with one attached hydrogen (secondary N) is 1. The summed E-state index contributed by atoms with van der Waals surface area (Å²) in [7, 11) is 0. The van der Waals surface area contributed by atoms with Crippen LogP contribution in [0.3, 0.4) is 0 Å². The van der Waals surface area contributed by atoms with Crippen molar-refractivity contribution < 1.29 is 19.2 Å². The minimum absolute atomic E-state index is 0.0940. The minimum Gasteiger partial charge on any atom is -0.322 e. The molecule has 1 aliphatic heterocycles. The largest absolute Gasteiger partial charge is 0.322 e. The number of benzene rings is 4. The fourth-order valence-electron chi connectivity index (χ4n) is 3.95. The van der Waals surface area contributed by atoms with Crippen molar-refractivity contribution in [3.63, 3.8) is 0 Å². The molecule has 0 fully saturated rings. The summed E-state index contributed by atoms with van der Waals surface area (Å²) in [6.07, 6.45) is 3.22. The third-order valence-corrected chi connectivity index (χ3v) is 5.82. The van der Waals surface area contributed by atoms with E-state index in [9.17, 15) is 19.2 Å². The van der Waals surface area contributed by atoms with Crippen LogP contribution in [0, 0.1) is 0 Å². The normalized spacial score (nSPS) is 12.6. The van der Waals surface area contributed by atoms with Gasteiger partial charge in [0.1, 0.15) is 0 Å². The van der Waals surface area contributed by atoms with E-state index < -0.39 is 17.7 Å². The van der Waals surface area contributed by atoms with Crippen molar-refractivity contribution in [2.45, 2.75) is 0 Å². The Bertz CT molecular complexity index is 1510. The first kappa shape index (κ1) is 22.7. The molecule has 1 aliphatic rings. The number of carbonyl (C=O) groups excluding carboxylic acids is 4. The van der Waals surface area contributed by atoms with E-state index in [1.807, 2.05) is 18.2 Å². The molecule has 4 aromatic carbocycles. The van der Waals surface area contributed by atoms with Gasteiger partial charge in [-0.1, -0.05) is 66.7 Å². The molecular weight excluding hydrogens is 452 g/mol. The highest BCUT2D eigenvalue weighted by molar-refractivity contribution is 6.34. The Hall–Kier alpha value is -5.10. The minimum atomic E-state index is -0.461. The maximum atomic E-state index is 12.9. The number of hydrogen-bond donors (Lipinski definition) is 1. The van der Waals surface area contributed by atoms with Crippen LogP contribution in [0.5, 0.6) is 0 Å². The zero-order chi connectivity index (χ0) is 25.1. The van der Waals surface area contributed by atoms with Gasteiger partial charge in [0.2, 0.25) is 0 Å². The van der Waals surface area contributed by atoms with Gasteiger partial charge in [-0.25, -0.2) is 4.90 Å². The van der Waals surface area contributed by atoms with Gasteiger partial charge in [-0.15, -0.1) is 0 Å². The maximum absolute atomic E-state index is 12.9. The van der Waals surface area contributed by atoms with Gasteiger partial charge in [0, 0.05) is 16.8 Å². The monoisotopic (exact) mass is 472 g/mol. The van der Waals surface area contributed by atoms with E-state index in [2.05, 4.69) is 5.32 Å².